The number of likely N-dealkylation sites (N-methyl/N-ethyl adjacent to an activating group) is 1. The van der Waals surface area contributed by atoms with Gasteiger partial charge in [-0.25, -0.2) is 0 Å². The van der Waals surface area contributed by atoms with E-state index in [2.05, 4.69) is 32.8 Å². The topological polar surface area (TPSA) is 32.3 Å². The molecule has 8 heteroatoms. The number of aryl methyl sites for hydroxylation is 2. The lowest BCUT2D eigenvalue weighted by molar-refractivity contribution is -0.137. The van der Waals surface area contributed by atoms with Crippen LogP contribution in [0.5, 0.6) is 0 Å². The summed E-state index contributed by atoms with van der Waals surface area (Å²) >= 11 is 2.32. The average Bonchev–Trinajstić information content (AvgIpc) is 2.80. The maximum absolute atomic E-state index is 13.1. The highest BCUT2D eigenvalue weighted by Crippen LogP contribution is 2.35. The van der Waals surface area contributed by atoms with Crippen molar-refractivity contribution in [1.29, 1.82) is 0 Å². The maximum atomic E-state index is 13.1. The van der Waals surface area contributed by atoms with E-state index >= 15 is 0 Å². The van der Waals surface area contributed by atoms with Gasteiger partial charge in [-0.2, -0.15) is 13.2 Å². The van der Waals surface area contributed by atoms with Crippen molar-refractivity contribution in [2.75, 3.05) is 11.9 Å². The van der Waals surface area contributed by atoms with E-state index in [-0.39, 0.29) is 22.4 Å². The molecule has 3 rings (SSSR count). The predicted molar refractivity (Wildman–Crippen MR) is 142 cm³/mol. The highest BCUT2D eigenvalue weighted by Gasteiger charge is 2.32. The molecular weight excluding hydrogens is 576 g/mol. The molecule has 0 heterocycles. The third-order valence-corrected chi connectivity index (χ3v) is 6.67. The molecule has 0 fully saturated rings. The van der Waals surface area contributed by atoms with Gasteiger partial charge in [-0.05, 0) is 60.7 Å². The number of benzene rings is 3. The summed E-state index contributed by atoms with van der Waals surface area (Å²) in [6.07, 6.45) is -3.10. The molecule has 34 heavy (non-hydrogen) atoms. The SMILES string of the molecule is CNC(=O)C(c1ccccc1)N(c1cccc(C)c1)[C@H](I)CCc1ccc(C(F)(F)F)cc1.Cl. The number of hydrogen-bond donors (Lipinski definition) is 1. The first-order valence-corrected chi connectivity index (χ1v) is 11.9. The molecule has 2 atom stereocenters. The zero-order chi connectivity index (χ0) is 24.0. The first-order valence-electron chi connectivity index (χ1n) is 10.6. The zero-order valence-corrected chi connectivity index (χ0v) is 21.8. The lowest BCUT2D eigenvalue weighted by Gasteiger charge is -2.37. The Hall–Kier alpha value is -2.26. The lowest BCUT2D eigenvalue weighted by atomic mass is 10.0. The fraction of sp³-hybridized carbons (Fsp3) is 0.269. The summed E-state index contributed by atoms with van der Waals surface area (Å²) in [4.78, 5) is 15.1. The largest absolute Gasteiger partial charge is 0.416 e. The number of carbonyl (C=O) groups excluding carboxylic acids is 1. The number of rotatable bonds is 8. The third-order valence-electron chi connectivity index (χ3n) is 5.44. The van der Waals surface area contributed by atoms with Crippen LogP contribution in [-0.2, 0) is 17.4 Å². The number of amides is 1. The van der Waals surface area contributed by atoms with Crippen molar-refractivity contribution in [2.24, 2.45) is 0 Å². The quantitative estimate of drug-likeness (QED) is 0.169. The second-order valence-corrected chi connectivity index (χ2v) is 9.28. The Morgan fingerprint density at radius 1 is 1.00 bits per heavy atom. The van der Waals surface area contributed by atoms with E-state index in [0.29, 0.717) is 12.8 Å². The Balaban J connectivity index is 0.00000408. The molecule has 0 aromatic heterocycles. The van der Waals surface area contributed by atoms with Crippen LogP contribution in [0.25, 0.3) is 0 Å². The molecule has 0 saturated heterocycles. The summed E-state index contributed by atoms with van der Waals surface area (Å²) in [5, 5.41) is 2.79. The standard InChI is InChI=1S/C26H26F3IN2O.ClH/c1-18-7-6-10-22(17-18)32(24(25(33)31-2)20-8-4-3-5-9-20)23(30)16-13-19-11-14-21(15-12-19)26(27,28)29;/h3-12,14-15,17,23-24H,13,16H2,1-2H3,(H,31,33);1H/t23-,24?;/m0./s1. The highest BCUT2D eigenvalue weighted by molar-refractivity contribution is 14.1. The van der Waals surface area contributed by atoms with E-state index in [1.54, 1.807) is 7.05 Å². The Morgan fingerprint density at radius 2 is 1.65 bits per heavy atom. The summed E-state index contributed by atoms with van der Waals surface area (Å²) in [5.74, 6) is -0.126. The summed E-state index contributed by atoms with van der Waals surface area (Å²) in [5.41, 5.74) is 3.04. The molecule has 0 radical (unpaired) electrons. The summed E-state index contributed by atoms with van der Waals surface area (Å²) in [6.45, 7) is 2.00. The van der Waals surface area contributed by atoms with Crippen molar-refractivity contribution in [3.63, 3.8) is 0 Å². The number of alkyl halides is 4. The van der Waals surface area contributed by atoms with Crippen LogP contribution in [0, 0.1) is 6.92 Å². The first-order chi connectivity index (χ1) is 15.7. The highest BCUT2D eigenvalue weighted by atomic mass is 127. The Morgan fingerprint density at radius 3 is 2.21 bits per heavy atom. The number of halogens is 5. The molecule has 0 spiro atoms. The van der Waals surface area contributed by atoms with E-state index in [0.717, 1.165) is 34.5 Å². The van der Waals surface area contributed by atoms with Gasteiger partial charge in [-0.15, -0.1) is 12.4 Å². The van der Waals surface area contributed by atoms with Crippen LogP contribution in [0.2, 0.25) is 0 Å². The van der Waals surface area contributed by atoms with Crippen LogP contribution in [0.4, 0.5) is 18.9 Å². The van der Waals surface area contributed by atoms with Gasteiger partial charge in [0, 0.05) is 12.7 Å². The fourth-order valence-electron chi connectivity index (χ4n) is 3.76. The molecule has 1 amide bonds. The van der Waals surface area contributed by atoms with Gasteiger partial charge in [0.05, 0.1) is 9.61 Å². The Bertz CT molecular complexity index is 1060. The van der Waals surface area contributed by atoms with Gasteiger partial charge in [0.1, 0.15) is 6.04 Å². The summed E-state index contributed by atoms with van der Waals surface area (Å²) in [7, 11) is 1.62. The molecular formula is C26H27ClF3IN2O. The number of carbonyl (C=O) groups is 1. The van der Waals surface area contributed by atoms with Crippen molar-refractivity contribution < 1.29 is 18.0 Å². The summed E-state index contributed by atoms with van der Waals surface area (Å²) in [6, 6.07) is 22.3. The van der Waals surface area contributed by atoms with Gasteiger partial charge < -0.3 is 10.2 Å². The van der Waals surface area contributed by atoms with Crippen LogP contribution in [0.3, 0.4) is 0 Å². The molecule has 1 N–H and O–H groups in total. The van der Waals surface area contributed by atoms with E-state index in [1.807, 2.05) is 61.5 Å². The fourth-order valence-corrected chi connectivity index (χ4v) is 4.71. The van der Waals surface area contributed by atoms with Crippen molar-refractivity contribution in [3.05, 3.63) is 101 Å². The van der Waals surface area contributed by atoms with Crippen LogP contribution in [0.1, 0.15) is 34.7 Å². The summed E-state index contributed by atoms with van der Waals surface area (Å²) < 4.78 is 38.5. The van der Waals surface area contributed by atoms with Gasteiger partial charge in [-0.3, -0.25) is 4.79 Å². The van der Waals surface area contributed by atoms with Crippen LogP contribution in [0.15, 0.2) is 78.9 Å². The number of nitrogens with one attached hydrogen (secondary N) is 1. The Kier molecular flexibility index (Phi) is 10.2. The number of hydrogen-bond acceptors (Lipinski definition) is 2. The number of anilines is 1. The minimum atomic E-state index is -4.34. The molecule has 0 bridgehead atoms. The van der Waals surface area contributed by atoms with Gasteiger partial charge in [0.2, 0.25) is 5.91 Å². The van der Waals surface area contributed by atoms with Gasteiger partial charge in [0.15, 0.2) is 0 Å². The lowest BCUT2D eigenvalue weighted by Crippen LogP contribution is -2.43. The second kappa shape index (κ2) is 12.4. The molecule has 182 valence electrons. The van der Waals surface area contributed by atoms with Crippen LogP contribution < -0.4 is 10.2 Å². The van der Waals surface area contributed by atoms with E-state index in [9.17, 15) is 18.0 Å². The molecule has 3 aromatic rings. The smallest absolute Gasteiger partial charge is 0.357 e. The van der Waals surface area contributed by atoms with Gasteiger partial charge >= 0.3 is 6.18 Å². The van der Waals surface area contributed by atoms with Gasteiger partial charge in [0.25, 0.3) is 0 Å². The number of nitrogens with zero attached hydrogens (tertiary/aromatic N) is 1. The van der Waals surface area contributed by atoms with E-state index in [1.165, 1.54) is 12.1 Å². The average molecular weight is 603 g/mol. The first kappa shape index (κ1) is 28.0. The van der Waals surface area contributed by atoms with Gasteiger partial charge in [-0.1, -0.05) is 77.2 Å². The predicted octanol–water partition coefficient (Wildman–Crippen LogP) is 7.12. The van der Waals surface area contributed by atoms with Crippen LogP contribution in [-0.4, -0.2) is 17.0 Å². The third kappa shape index (κ3) is 7.12. The van der Waals surface area contributed by atoms with Crippen molar-refractivity contribution in [2.45, 2.75) is 36.0 Å². The van der Waals surface area contributed by atoms with E-state index in [4.69, 9.17) is 0 Å². The molecule has 0 saturated carbocycles. The molecule has 0 aliphatic rings. The molecule has 0 aliphatic carbocycles. The minimum absolute atomic E-state index is 0. The zero-order valence-electron chi connectivity index (χ0n) is 18.9. The normalized spacial score (nSPS) is 12.9. The van der Waals surface area contributed by atoms with E-state index < -0.39 is 17.8 Å². The minimum Gasteiger partial charge on any atom is -0.357 e. The molecule has 1 unspecified atom stereocenters. The van der Waals surface area contributed by atoms with Crippen molar-refractivity contribution in [1.82, 2.24) is 5.32 Å². The van der Waals surface area contributed by atoms with Crippen molar-refractivity contribution in [3.8, 4) is 0 Å². The monoisotopic (exact) mass is 602 g/mol. The molecule has 3 aromatic carbocycles. The molecule has 0 aliphatic heterocycles. The second-order valence-electron chi connectivity index (χ2n) is 7.84. The molecule has 3 nitrogen and oxygen atoms in total. The van der Waals surface area contributed by atoms with Crippen molar-refractivity contribution >= 4 is 46.6 Å². The maximum Gasteiger partial charge on any atom is 0.416 e. The van der Waals surface area contributed by atoms with Crippen LogP contribution >= 0.6 is 35.0 Å². The Labute approximate surface area is 218 Å².